The van der Waals surface area contributed by atoms with Crippen LogP contribution in [0, 0.1) is 0 Å². The van der Waals surface area contributed by atoms with Crippen LogP contribution in [0.1, 0.15) is 36.0 Å². The molecule has 0 aliphatic carbocycles. The molecule has 1 saturated heterocycles. The van der Waals surface area contributed by atoms with Gasteiger partial charge in [0.05, 0.1) is 6.42 Å². The molecule has 2 atom stereocenters. The Morgan fingerprint density at radius 2 is 1.33 bits per heavy atom. The van der Waals surface area contributed by atoms with Gasteiger partial charge in [-0.3, -0.25) is 14.6 Å². The van der Waals surface area contributed by atoms with Gasteiger partial charge in [-0.15, -0.1) is 0 Å². The van der Waals surface area contributed by atoms with Gasteiger partial charge in [-0.25, -0.2) is 0 Å². The van der Waals surface area contributed by atoms with E-state index in [2.05, 4.69) is 0 Å². The van der Waals surface area contributed by atoms with E-state index in [-0.39, 0.29) is 18.0 Å². The summed E-state index contributed by atoms with van der Waals surface area (Å²) in [6, 6.07) is 27.3. The van der Waals surface area contributed by atoms with Gasteiger partial charge in [-0.1, -0.05) is 91.0 Å². The molecule has 2 heterocycles. The van der Waals surface area contributed by atoms with Crippen LogP contribution in [0.2, 0.25) is 0 Å². The van der Waals surface area contributed by atoms with Gasteiger partial charge in [-0.2, -0.15) is 0 Å². The minimum absolute atomic E-state index is 0.0928. The fourth-order valence-corrected chi connectivity index (χ4v) is 5.08. The molecule has 2 aliphatic rings. The molecular formula is C28H26N2O3. The van der Waals surface area contributed by atoms with Crippen LogP contribution in [-0.2, 0) is 20.7 Å². The van der Waals surface area contributed by atoms with Crippen molar-refractivity contribution in [2.24, 2.45) is 4.99 Å². The number of ketones is 1. The summed E-state index contributed by atoms with van der Waals surface area (Å²) < 4.78 is 0. The van der Waals surface area contributed by atoms with Gasteiger partial charge >= 0.3 is 0 Å². The van der Waals surface area contributed by atoms with E-state index in [0.717, 1.165) is 12.8 Å². The molecule has 5 nitrogen and oxygen atoms in total. The Labute approximate surface area is 193 Å². The van der Waals surface area contributed by atoms with Crippen LogP contribution >= 0.6 is 0 Å². The van der Waals surface area contributed by atoms with Crippen molar-refractivity contribution in [1.29, 1.82) is 0 Å². The minimum atomic E-state index is -2.02. The number of Topliss-reactive ketones (excluding diaryl/α,β-unsaturated/α-hetero) is 1. The van der Waals surface area contributed by atoms with E-state index in [1.54, 1.807) is 24.3 Å². The lowest BCUT2D eigenvalue weighted by Gasteiger charge is -2.40. The molecule has 0 spiro atoms. The number of aliphatic hydroxyl groups is 1. The third-order valence-electron chi connectivity index (χ3n) is 6.80. The molecule has 166 valence electrons. The Hall–Kier alpha value is -3.57. The van der Waals surface area contributed by atoms with Crippen molar-refractivity contribution < 1.29 is 14.7 Å². The summed E-state index contributed by atoms with van der Waals surface area (Å²) in [6.07, 6.45) is 1.83. The maximum Gasteiger partial charge on any atom is 0.225 e. The first-order valence-electron chi connectivity index (χ1n) is 11.4. The number of likely N-dealkylation sites (tertiary alicyclic amines) is 1. The van der Waals surface area contributed by atoms with Gasteiger partial charge in [-0.05, 0) is 24.0 Å². The summed E-state index contributed by atoms with van der Waals surface area (Å²) in [5, 5.41) is 12.4. The van der Waals surface area contributed by atoms with Gasteiger partial charge < -0.3 is 10.0 Å². The summed E-state index contributed by atoms with van der Waals surface area (Å²) in [7, 11) is 0. The lowest BCUT2D eigenvalue weighted by Crippen LogP contribution is -2.52. The number of nitrogens with zero attached hydrogens (tertiary/aromatic N) is 2. The second kappa shape index (κ2) is 8.41. The molecule has 1 N–H and O–H groups in total. The Balaban J connectivity index is 1.76. The molecule has 0 saturated carbocycles. The van der Waals surface area contributed by atoms with E-state index in [4.69, 9.17) is 4.99 Å². The topological polar surface area (TPSA) is 70.0 Å². The molecule has 5 heteroatoms. The van der Waals surface area contributed by atoms with E-state index in [1.807, 2.05) is 71.6 Å². The van der Waals surface area contributed by atoms with Gasteiger partial charge in [0.15, 0.2) is 5.60 Å². The van der Waals surface area contributed by atoms with Gasteiger partial charge in [0.2, 0.25) is 11.7 Å². The number of hydrogen-bond acceptors (Lipinski definition) is 4. The molecule has 0 bridgehead atoms. The number of carbonyl (C=O) groups excluding carboxylic acids is 2. The second-order valence-electron chi connectivity index (χ2n) is 8.72. The minimum Gasteiger partial charge on any atom is -0.374 e. The fourth-order valence-electron chi connectivity index (χ4n) is 5.08. The molecule has 0 radical (unpaired) electrons. The van der Waals surface area contributed by atoms with Crippen molar-refractivity contribution >= 4 is 17.4 Å². The molecular weight excluding hydrogens is 412 g/mol. The van der Waals surface area contributed by atoms with E-state index in [0.29, 0.717) is 29.8 Å². The van der Waals surface area contributed by atoms with Gasteiger partial charge in [0.1, 0.15) is 11.3 Å². The number of hydrogen-bond donors (Lipinski definition) is 1. The van der Waals surface area contributed by atoms with Crippen LogP contribution in [0.5, 0.6) is 0 Å². The summed E-state index contributed by atoms with van der Waals surface area (Å²) in [4.78, 5) is 34.3. The van der Waals surface area contributed by atoms with Crippen molar-refractivity contribution in [3.05, 3.63) is 108 Å². The zero-order chi connectivity index (χ0) is 22.9. The lowest BCUT2D eigenvalue weighted by molar-refractivity contribution is -0.143. The zero-order valence-corrected chi connectivity index (χ0v) is 18.4. The van der Waals surface area contributed by atoms with E-state index in [9.17, 15) is 14.7 Å². The number of aliphatic imine (C=N–C) groups is 1. The highest BCUT2D eigenvalue weighted by molar-refractivity contribution is 6.50. The first-order chi connectivity index (χ1) is 16.1. The maximum absolute atomic E-state index is 14.0. The highest BCUT2D eigenvalue weighted by Crippen LogP contribution is 2.52. The quantitative estimate of drug-likeness (QED) is 0.658. The van der Waals surface area contributed by atoms with E-state index in [1.165, 1.54) is 0 Å². The summed E-state index contributed by atoms with van der Waals surface area (Å²) in [5.74, 6) is -0.588. The van der Waals surface area contributed by atoms with Crippen molar-refractivity contribution in [1.82, 2.24) is 4.90 Å². The van der Waals surface area contributed by atoms with Crippen molar-refractivity contribution in [3.63, 3.8) is 0 Å². The standard InChI is InChI=1S/C28H26N2O3/c31-24(30-18-10-11-19-30)20-27(22-14-6-2-7-15-22)28(33,23-16-8-3-9-17-23)26(32)25(29-27)21-12-4-1-5-13-21/h1-9,12-17,33H,10-11,18-20H2. The molecule has 2 unspecified atom stereocenters. The van der Waals surface area contributed by atoms with Crippen LogP contribution in [0.3, 0.4) is 0 Å². The summed E-state index contributed by atoms with van der Waals surface area (Å²) >= 11 is 0. The van der Waals surface area contributed by atoms with Crippen LogP contribution in [0.15, 0.2) is 96.0 Å². The first kappa shape index (κ1) is 21.3. The predicted octanol–water partition coefficient (Wildman–Crippen LogP) is 3.85. The molecule has 3 aromatic carbocycles. The zero-order valence-electron chi connectivity index (χ0n) is 18.4. The number of rotatable bonds is 5. The maximum atomic E-state index is 14.0. The van der Waals surface area contributed by atoms with E-state index >= 15 is 0 Å². The second-order valence-corrected chi connectivity index (χ2v) is 8.72. The Morgan fingerprint density at radius 3 is 1.91 bits per heavy atom. The summed E-state index contributed by atoms with van der Waals surface area (Å²) in [5.41, 5.74) is -1.59. The number of amides is 1. The third kappa shape index (κ3) is 3.40. The predicted molar refractivity (Wildman–Crippen MR) is 127 cm³/mol. The Bertz CT molecular complexity index is 1190. The molecule has 2 aliphatic heterocycles. The molecule has 5 rings (SSSR count). The molecule has 3 aromatic rings. The van der Waals surface area contributed by atoms with Crippen molar-refractivity contribution in [3.8, 4) is 0 Å². The van der Waals surface area contributed by atoms with E-state index < -0.39 is 16.9 Å². The lowest BCUT2D eigenvalue weighted by atomic mass is 9.68. The van der Waals surface area contributed by atoms with Crippen molar-refractivity contribution in [2.45, 2.75) is 30.4 Å². The van der Waals surface area contributed by atoms with Crippen molar-refractivity contribution in [2.75, 3.05) is 13.1 Å². The van der Waals surface area contributed by atoms with Gasteiger partial charge in [0, 0.05) is 18.7 Å². The molecule has 0 aromatic heterocycles. The molecule has 1 amide bonds. The van der Waals surface area contributed by atoms with Gasteiger partial charge in [0.25, 0.3) is 0 Å². The average Bonchev–Trinajstić information content (AvgIpc) is 3.49. The smallest absolute Gasteiger partial charge is 0.225 e. The Kier molecular flexibility index (Phi) is 5.43. The first-order valence-corrected chi connectivity index (χ1v) is 11.4. The summed E-state index contributed by atoms with van der Waals surface area (Å²) in [6.45, 7) is 1.38. The van der Waals surface area contributed by atoms with Crippen LogP contribution in [0.25, 0.3) is 0 Å². The highest BCUT2D eigenvalue weighted by Gasteiger charge is 2.64. The number of benzene rings is 3. The number of carbonyl (C=O) groups is 2. The van der Waals surface area contributed by atoms with Crippen LogP contribution in [-0.4, -0.2) is 40.5 Å². The largest absolute Gasteiger partial charge is 0.374 e. The SMILES string of the molecule is O=C(CC1(c2ccccc2)N=C(c2ccccc2)C(=O)C1(O)c1ccccc1)N1CCCC1. The average molecular weight is 439 g/mol. The third-order valence-corrected chi connectivity index (χ3v) is 6.80. The fraction of sp³-hybridized carbons (Fsp3) is 0.250. The highest BCUT2D eigenvalue weighted by atomic mass is 16.3. The van der Waals surface area contributed by atoms with Crippen LogP contribution in [0.4, 0.5) is 0 Å². The monoisotopic (exact) mass is 438 g/mol. The van der Waals surface area contributed by atoms with Crippen LogP contribution < -0.4 is 0 Å². The molecule has 1 fully saturated rings. The molecule has 33 heavy (non-hydrogen) atoms. The normalized spacial score (nSPS) is 24.7. The Morgan fingerprint density at radius 1 is 0.818 bits per heavy atom.